The van der Waals surface area contributed by atoms with Crippen LogP contribution in [0, 0.1) is 0 Å². The third-order valence-corrected chi connectivity index (χ3v) is 3.53. The Balaban J connectivity index is 1.75. The molecule has 0 radical (unpaired) electrons. The average molecular weight is 231 g/mol. The van der Waals surface area contributed by atoms with Crippen LogP contribution in [0.1, 0.15) is 31.4 Å². The van der Waals surface area contributed by atoms with Crippen LogP contribution in [0.25, 0.3) is 5.78 Å². The predicted molar refractivity (Wildman–Crippen MR) is 65.9 cm³/mol. The molecule has 2 aromatic heterocycles. The van der Waals surface area contributed by atoms with Gasteiger partial charge in [0.15, 0.2) is 0 Å². The second-order valence-corrected chi connectivity index (χ2v) is 4.90. The lowest BCUT2D eigenvalue weighted by Crippen LogP contribution is -3.10. The monoisotopic (exact) mass is 231 g/mol. The van der Waals surface area contributed by atoms with Gasteiger partial charge in [0.25, 0.3) is 0 Å². The van der Waals surface area contributed by atoms with Crippen molar-refractivity contribution >= 4 is 5.78 Å². The third-order valence-electron chi connectivity index (χ3n) is 3.53. The smallest absolute Gasteiger partial charge is 0.234 e. The number of quaternary nitrogens is 1. The van der Waals surface area contributed by atoms with E-state index in [1.807, 2.05) is 16.7 Å². The predicted octanol–water partition coefficient (Wildman–Crippen LogP) is 0.688. The van der Waals surface area contributed by atoms with E-state index in [0.717, 1.165) is 12.3 Å². The first-order valence-electron chi connectivity index (χ1n) is 6.54. The zero-order chi connectivity index (χ0) is 11.5. The molecule has 4 nitrogen and oxygen atoms in total. The number of imidazole rings is 1. The molecule has 1 aliphatic heterocycles. The molecule has 0 saturated carbocycles. The Morgan fingerprint density at radius 1 is 1.18 bits per heavy atom. The van der Waals surface area contributed by atoms with E-state index in [4.69, 9.17) is 0 Å². The molecule has 17 heavy (non-hydrogen) atoms. The summed E-state index contributed by atoms with van der Waals surface area (Å²) in [4.78, 5) is 10.5. The standard InChI is InChI=1S/C13H18N4/c1-2-4-8-16(7-3-1)10-12-11-17-9-5-6-14-13(17)15-12/h5-6,9,11H,1-4,7-8,10H2/p+1. The summed E-state index contributed by atoms with van der Waals surface area (Å²) in [5.41, 5.74) is 1.17. The summed E-state index contributed by atoms with van der Waals surface area (Å²) in [5.74, 6) is 0.816. The minimum absolute atomic E-state index is 0.816. The highest BCUT2D eigenvalue weighted by molar-refractivity contribution is 5.29. The van der Waals surface area contributed by atoms with Gasteiger partial charge in [-0.3, -0.25) is 4.40 Å². The molecule has 1 fully saturated rings. The number of hydrogen-bond donors (Lipinski definition) is 1. The molecule has 4 heteroatoms. The Hall–Kier alpha value is -1.42. The molecule has 1 saturated heterocycles. The van der Waals surface area contributed by atoms with Crippen LogP contribution in [-0.4, -0.2) is 27.5 Å². The summed E-state index contributed by atoms with van der Waals surface area (Å²) < 4.78 is 2.01. The number of rotatable bonds is 2. The molecule has 0 bridgehead atoms. The van der Waals surface area contributed by atoms with E-state index < -0.39 is 0 Å². The normalized spacial score (nSPS) is 18.4. The zero-order valence-electron chi connectivity index (χ0n) is 10.1. The molecular formula is C13H19N4+. The molecule has 3 rings (SSSR count). The highest BCUT2D eigenvalue weighted by atomic mass is 15.2. The first-order chi connectivity index (χ1) is 8.42. The van der Waals surface area contributed by atoms with Crippen molar-refractivity contribution in [3.63, 3.8) is 0 Å². The van der Waals surface area contributed by atoms with Gasteiger partial charge in [0, 0.05) is 18.6 Å². The number of nitrogens with zero attached hydrogens (tertiary/aromatic N) is 3. The van der Waals surface area contributed by atoms with Crippen LogP contribution in [0.15, 0.2) is 24.7 Å². The summed E-state index contributed by atoms with van der Waals surface area (Å²) in [5, 5.41) is 0. The Bertz CT molecular complexity index is 450. The Kier molecular flexibility index (Phi) is 3.05. The van der Waals surface area contributed by atoms with Gasteiger partial charge in [0.2, 0.25) is 5.78 Å². The highest BCUT2D eigenvalue weighted by Gasteiger charge is 2.14. The van der Waals surface area contributed by atoms with Crippen LogP contribution in [0.4, 0.5) is 0 Å². The fourth-order valence-electron chi connectivity index (χ4n) is 2.63. The van der Waals surface area contributed by atoms with Crippen molar-refractivity contribution in [1.82, 2.24) is 14.4 Å². The first-order valence-corrected chi connectivity index (χ1v) is 6.54. The molecule has 1 aliphatic rings. The molecule has 90 valence electrons. The number of nitrogens with one attached hydrogen (secondary N) is 1. The van der Waals surface area contributed by atoms with Crippen molar-refractivity contribution in [3.05, 3.63) is 30.4 Å². The van der Waals surface area contributed by atoms with E-state index in [0.29, 0.717) is 0 Å². The van der Waals surface area contributed by atoms with E-state index in [1.54, 1.807) is 11.1 Å². The Morgan fingerprint density at radius 2 is 2.00 bits per heavy atom. The van der Waals surface area contributed by atoms with Crippen molar-refractivity contribution < 1.29 is 4.90 Å². The molecule has 1 N–H and O–H groups in total. The third kappa shape index (κ3) is 2.47. The minimum Gasteiger partial charge on any atom is -0.330 e. The second kappa shape index (κ2) is 4.84. The van der Waals surface area contributed by atoms with Crippen LogP contribution in [0.3, 0.4) is 0 Å². The van der Waals surface area contributed by atoms with Crippen molar-refractivity contribution in [1.29, 1.82) is 0 Å². The summed E-state index contributed by atoms with van der Waals surface area (Å²) in [6.07, 6.45) is 11.4. The van der Waals surface area contributed by atoms with Crippen molar-refractivity contribution in [2.24, 2.45) is 0 Å². The number of fused-ring (bicyclic) bond motifs is 1. The molecule has 0 aliphatic carbocycles. The topological polar surface area (TPSA) is 34.6 Å². The van der Waals surface area contributed by atoms with Crippen molar-refractivity contribution in [2.45, 2.75) is 32.2 Å². The van der Waals surface area contributed by atoms with Gasteiger partial charge in [-0.05, 0) is 31.7 Å². The van der Waals surface area contributed by atoms with Crippen LogP contribution in [0.5, 0.6) is 0 Å². The van der Waals surface area contributed by atoms with Gasteiger partial charge in [-0.2, -0.15) is 0 Å². The summed E-state index contributed by atoms with van der Waals surface area (Å²) in [6.45, 7) is 3.63. The molecule has 0 atom stereocenters. The lowest BCUT2D eigenvalue weighted by molar-refractivity contribution is -0.913. The first kappa shape index (κ1) is 10.7. The maximum Gasteiger partial charge on any atom is 0.234 e. The average Bonchev–Trinajstić information content (AvgIpc) is 2.57. The van der Waals surface area contributed by atoms with Gasteiger partial charge < -0.3 is 4.90 Å². The van der Waals surface area contributed by atoms with Crippen LogP contribution in [0.2, 0.25) is 0 Å². The maximum absolute atomic E-state index is 4.57. The fourth-order valence-corrected chi connectivity index (χ4v) is 2.63. The zero-order valence-corrected chi connectivity index (χ0v) is 10.1. The van der Waals surface area contributed by atoms with E-state index in [9.17, 15) is 0 Å². The maximum atomic E-state index is 4.57. The van der Waals surface area contributed by atoms with E-state index >= 15 is 0 Å². The van der Waals surface area contributed by atoms with Gasteiger partial charge in [0.1, 0.15) is 12.2 Å². The SMILES string of the molecule is c1cnc2nc(C[NH+]3CCCCCC3)cn2c1. The van der Waals surface area contributed by atoms with Gasteiger partial charge in [0.05, 0.1) is 13.1 Å². The van der Waals surface area contributed by atoms with Crippen LogP contribution >= 0.6 is 0 Å². The molecule has 0 spiro atoms. The number of likely N-dealkylation sites (tertiary alicyclic amines) is 1. The van der Waals surface area contributed by atoms with Gasteiger partial charge in [-0.1, -0.05) is 0 Å². The molecule has 0 aromatic carbocycles. The summed E-state index contributed by atoms with van der Waals surface area (Å²) in [6, 6.07) is 1.94. The fraction of sp³-hybridized carbons (Fsp3) is 0.538. The summed E-state index contributed by atoms with van der Waals surface area (Å²) >= 11 is 0. The summed E-state index contributed by atoms with van der Waals surface area (Å²) in [7, 11) is 0. The van der Waals surface area contributed by atoms with Crippen molar-refractivity contribution in [2.75, 3.05) is 13.1 Å². The van der Waals surface area contributed by atoms with E-state index in [-0.39, 0.29) is 0 Å². The van der Waals surface area contributed by atoms with Gasteiger partial charge >= 0.3 is 0 Å². The lowest BCUT2D eigenvalue weighted by atomic mass is 10.2. The second-order valence-electron chi connectivity index (χ2n) is 4.90. The van der Waals surface area contributed by atoms with Gasteiger partial charge in [-0.15, -0.1) is 0 Å². The Labute approximate surface area is 101 Å². The van der Waals surface area contributed by atoms with Gasteiger partial charge in [-0.25, -0.2) is 9.97 Å². The number of hydrogen-bond acceptors (Lipinski definition) is 2. The molecule has 0 unspecified atom stereocenters. The number of aromatic nitrogens is 3. The largest absolute Gasteiger partial charge is 0.330 e. The highest BCUT2D eigenvalue weighted by Crippen LogP contribution is 2.02. The van der Waals surface area contributed by atoms with Crippen LogP contribution in [-0.2, 0) is 6.54 Å². The van der Waals surface area contributed by atoms with Crippen LogP contribution < -0.4 is 4.90 Å². The van der Waals surface area contributed by atoms with Crippen molar-refractivity contribution in [3.8, 4) is 0 Å². The molecule has 0 amide bonds. The molecular weight excluding hydrogens is 212 g/mol. The molecule has 3 heterocycles. The Morgan fingerprint density at radius 3 is 2.76 bits per heavy atom. The quantitative estimate of drug-likeness (QED) is 0.825. The van der Waals surface area contributed by atoms with E-state index in [1.165, 1.54) is 44.5 Å². The lowest BCUT2D eigenvalue weighted by Gasteiger charge is -2.15. The van der Waals surface area contributed by atoms with E-state index in [2.05, 4.69) is 16.2 Å². The molecule has 2 aromatic rings. The minimum atomic E-state index is 0.816.